The summed E-state index contributed by atoms with van der Waals surface area (Å²) in [6.07, 6.45) is 3.96. The molecule has 168 valence electrons. The molecule has 1 saturated heterocycles. The Kier molecular flexibility index (Phi) is 10.7. The molecule has 1 heterocycles. The summed E-state index contributed by atoms with van der Waals surface area (Å²) in [5.41, 5.74) is 3.23. The normalized spacial score (nSPS) is 14.5. The van der Waals surface area contributed by atoms with Crippen LogP contribution in [0.3, 0.4) is 0 Å². The maximum absolute atomic E-state index is 11.2. The van der Waals surface area contributed by atoms with Crippen LogP contribution < -0.4 is 10.6 Å². The second-order valence-electron chi connectivity index (χ2n) is 7.59. The van der Waals surface area contributed by atoms with Crippen molar-refractivity contribution >= 4 is 35.6 Å². The van der Waals surface area contributed by atoms with Crippen molar-refractivity contribution in [3.63, 3.8) is 0 Å². The van der Waals surface area contributed by atoms with Gasteiger partial charge < -0.3 is 10.6 Å². The fraction of sp³-hybridized carbons (Fsp3) is 0.435. The predicted octanol–water partition coefficient (Wildman–Crippen LogP) is 4.45. The first kappa shape index (κ1) is 25.1. The van der Waals surface area contributed by atoms with Crippen LogP contribution in [0.5, 0.6) is 0 Å². The Hall–Kier alpha value is -2.20. The minimum atomic E-state index is -0.355. The monoisotopic (exact) mass is 537 g/mol. The SMILES string of the molecule is CCNC(=NCc1ccc(CN2CCCCC2)cc1)NCc1ccccc1[N+](=O)[O-].I. The van der Waals surface area contributed by atoms with Gasteiger partial charge in [-0.3, -0.25) is 15.0 Å². The number of hydrogen-bond acceptors (Lipinski definition) is 4. The van der Waals surface area contributed by atoms with Gasteiger partial charge in [-0.05, 0) is 44.0 Å². The second kappa shape index (κ2) is 13.3. The molecule has 0 saturated carbocycles. The molecule has 0 unspecified atom stereocenters. The lowest BCUT2D eigenvalue weighted by Crippen LogP contribution is -2.36. The van der Waals surface area contributed by atoms with E-state index in [1.54, 1.807) is 18.2 Å². The van der Waals surface area contributed by atoms with Gasteiger partial charge in [-0.2, -0.15) is 0 Å². The highest BCUT2D eigenvalue weighted by molar-refractivity contribution is 14.0. The lowest BCUT2D eigenvalue weighted by Gasteiger charge is -2.26. The fourth-order valence-corrected chi connectivity index (χ4v) is 3.66. The van der Waals surface area contributed by atoms with Gasteiger partial charge in [-0.1, -0.05) is 48.9 Å². The Bertz CT molecular complexity index is 851. The molecule has 0 radical (unpaired) electrons. The van der Waals surface area contributed by atoms with Gasteiger partial charge in [-0.25, -0.2) is 4.99 Å². The number of piperidine rings is 1. The number of nitro benzene ring substituents is 1. The molecule has 1 aliphatic rings. The molecule has 2 aromatic rings. The molecule has 1 aliphatic heterocycles. The van der Waals surface area contributed by atoms with Gasteiger partial charge in [-0.15, -0.1) is 24.0 Å². The zero-order valence-corrected chi connectivity index (χ0v) is 20.4. The Morgan fingerprint density at radius 1 is 1.03 bits per heavy atom. The first-order valence-electron chi connectivity index (χ1n) is 10.7. The van der Waals surface area contributed by atoms with Crippen LogP contribution in [0.4, 0.5) is 5.69 Å². The van der Waals surface area contributed by atoms with Crippen molar-refractivity contribution in [1.82, 2.24) is 15.5 Å². The average Bonchev–Trinajstić information content (AvgIpc) is 2.77. The highest BCUT2D eigenvalue weighted by Crippen LogP contribution is 2.17. The van der Waals surface area contributed by atoms with E-state index in [2.05, 4.69) is 44.8 Å². The van der Waals surface area contributed by atoms with Crippen molar-refractivity contribution in [2.45, 2.75) is 45.8 Å². The number of hydrogen-bond donors (Lipinski definition) is 2. The minimum Gasteiger partial charge on any atom is -0.357 e. The lowest BCUT2D eigenvalue weighted by molar-refractivity contribution is -0.385. The smallest absolute Gasteiger partial charge is 0.274 e. The largest absolute Gasteiger partial charge is 0.357 e. The first-order chi connectivity index (χ1) is 14.7. The van der Waals surface area contributed by atoms with Gasteiger partial charge in [0.2, 0.25) is 0 Å². The van der Waals surface area contributed by atoms with Crippen LogP contribution >= 0.6 is 24.0 Å². The molecule has 3 rings (SSSR count). The van der Waals surface area contributed by atoms with E-state index in [9.17, 15) is 10.1 Å². The summed E-state index contributed by atoms with van der Waals surface area (Å²) in [6, 6.07) is 15.4. The van der Waals surface area contributed by atoms with Gasteiger partial charge in [0.1, 0.15) is 0 Å². The third kappa shape index (κ3) is 8.10. The van der Waals surface area contributed by atoms with Gasteiger partial charge in [0, 0.05) is 31.3 Å². The van der Waals surface area contributed by atoms with E-state index in [1.807, 2.05) is 6.92 Å². The minimum absolute atomic E-state index is 0. The molecule has 0 aromatic heterocycles. The summed E-state index contributed by atoms with van der Waals surface area (Å²) < 4.78 is 0. The van der Waals surface area contributed by atoms with Crippen molar-refractivity contribution in [2.75, 3.05) is 19.6 Å². The van der Waals surface area contributed by atoms with Crippen molar-refractivity contribution < 1.29 is 4.92 Å². The topological polar surface area (TPSA) is 82.8 Å². The fourth-order valence-electron chi connectivity index (χ4n) is 3.66. The van der Waals surface area contributed by atoms with E-state index in [4.69, 9.17) is 0 Å². The van der Waals surface area contributed by atoms with E-state index in [0.29, 0.717) is 24.6 Å². The summed E-state index contributed by atoms with van der Waals surface area (Å²) in [7, 11) is 0. The number of nitro groups is 1. The highest BCUT2D eigenvalue weighted by Gasteiger charge is 2.12. The number of guanidine groups is 1. The number of halogens is 1. The van der Waals surface area contributed by atoms with Crippen molar-refractivity contribution in [2.24, 2.45) is 4.99 Å². The van der Waals surface area contributed by atoms with E-state index in [-0.39, 0.29) is 34.6 Å². The average molecular weight is 537 g/mol. The molecule has 8 heteroatoms. The van der Waals surface area contributed by atoms with Crippen molar-refractivity contribution in [1.29, 1.82) is 0 Å². The Morgan fingerprint density at radius 2 is 1.71 bits per heavy atom. The van der Waals surface area contributed by atoms with Crippen LogP contribution in [-0.4, -0.2) is 35.4 Å². The van der Waals surface area contributed by atoms with Gasteiger partial charge >= 0.3 is 0 Å². The Morgan fingerprint density at radius 3 is 2.39 bits per heavy atom. The van der Waals surface area contributed by atoms with Gasteiger partial charge in [0.15, 0.2) is 5.96 Å². The lowest BCUT2D eigenvalue weighted by atomic mass is 10.1. The highest BCUT2D eigenvalue weighted by atomic mass is 127. The molecule has 0 amide bonds. The summed E-state index contributed by atoms with van der Waals surface area (Å²) >= 11 is 0. The van der Waals surface area contributed by atoms with E-state index in [0.717, 1.165) is 18.7 Å². The molecule has 0 spiro atoms. The van der Waals surface area contributed by atoms with E-state index >= 15 is 0 Å². The number of nitrogens with zero attached hydrogens (tertiary/aromatic N) is 3. The first-order valence-corrected chi connectivity index (χ1v) is 10.7. The van der Waals surface area contributed by atoms with Crippen LogP contribution in [0.1, 0.15) is 42.9 Å². The number of para-hydroxylation sites is 1. The number of benzene rings is 2. The van der Waals surface area contributed by atoms with Gasteiger partial charge in [0.05, 0.1) is 11.5 Å². The summed E-state index contributed by atoms with van der Waals surface area (Å²) in [4.78, 5) is 18.0. The molecule has 31 heavy (non-hydrogen) atoms. The van der Waals surface area contributed by atoms with Crippen LogP contribution in [0.2, 0.25) is 0 Å². The number of rotatable bonds is 8. The molecule has 7 nitrogen and oxygen atoms in total. The van der Waals surface area contributed by atoms with Crippen LogP contribution in [0, 0.1) is 10.1 Å². The van der Waals surface area contributed by atoms with Gasteiger partial charge in [0.25, 0.3) is 5.69 Å². The Labute approximate surface area is 201 Å². The maximum atomic E-state index is 11.2. The van der Waals surface area contributed by atoms with E-state index < -0.39 is 0 Å². The van der Waals surface area contributed by atoms with E-state index in [1.165, 1.54) is 44.0 Å². The molecular weight excluding hydrogens is 505 g/mol. The number of aliphatic imine (C=N–C) groups is 1. The molecule has 0 atom stereocenters. The summed E-state index contributed by atoms with van der Waals surface area (Å²) in [5, 5.41) is 17.6. The van der Waals surface area contributed by atoms with Crippen LogP contribution in [-0.2, 0) is 19.6 Å². The molecule has 1 fully saturated rings. The second-order valence-corrected chi connectivity index (χ2v) is 7.59. The van der Waals surface area contributed by atoms with Crippen LogP contribution in [0.25, 0.3) is 0 Å². The molecule has 2 aromatic carbocycles. The third-order valence-corrected chi connectivity index (χ3v) is 5.28. The molecule has 0 aliphatic carbocycles. The van der Waals surface area contributed by atoms with Crippen molar-refractivity contribution in [3.8, 4) is 0 Å². The maximum Gasteiger partial charge on any atom is 0.274 e. The Balaban J connectivity index is 0.00000341. The zero-order chi connectivity index (χ0) is 21.2. The standard InChI is InChI=1S/C23H31N5O2.HI/c1-2-24-23(26-17-21-8-4-5-9-22(21)28(29)30)25-16-19-10-12-20(13-11-19)18-27-14-6-3-7-15-27;/h4-5,8-13H,2-3,6-7,14-18H2,1H3,(H2,24,25,26);1H. The quantitative estimate of drug-likeness (QED) is 0.171. The van der Waals surface area contributed by atoms with Crippen molar-refractivity contribution in [3.05, 3.63) is 75.3 Å². The zero-order valence-electron chi connectivity index (χ0n) is 18.0. The summed E-state index contributed by atoms with van der Waals surface area (Å²) in [5.74, 6) is 0.646. The number of likely N-dealkylation sites (tertiary alicyclic amines) is 1. The molecular formula is C23H32IN5O2. The molecule has 0 bridgehead atoms. The number of nitrogens with one attached hydrogen (secondary N) is 2. The predicted molar refractivity (Wildman–Crippen MR) is 136 cm³/mol. The van der Waals surface area contributed by atoms with Crippen LogP contribution in [0.15, 0.2) is 53.5 Å². The third-order valence-electron chi connectivity index (χ3n) is 5.28. The molecule has 2 N–H and O–H groups in total. The summed E-state index contributed by atoms with van der Waals surface area (Å²) in [6.45, 7) is 7.03.